The first-order valence-electron chi connectivity index (χ1n) is 4.57. The Balaban J connectivity index is 2.26. The van der Waals surface area contributed by atoms with E-state index in [0.717, 1.165) is 0 Å². The Kier molecular flexibility index (Phi) is 3.08. The summed E-state index contributed by atoms with van der Waals surface area (Å²) >= 11 is 3.19. The van der Waals surface area contributed by atoms with E-state index in [9.17, 15) is 4.79 Å². The van der Waals surface area contributed by atoms with Gasteiger partial charge in [0, 0.05) is 12.6 Å². The molecule has 1 unspecified atom stereocenters. The van der Waals surface area contributed by atoms with E-state index in [4.69, 9.17) is 14.9 Å². The number of amides is 1. The summed E-state index contributed by atoms with van der Waals surface area (Å²) in [6.45, 7) is 0.874. The number of ether oxygens (including phenoxy) is 1. The van der Waals surface area contributed by atoms with Crippen LogP contribution in [0.3, 0.4) is 0 Å². The molecule has 1 aliphatic heterocycles. The van der Waals surface area contributed by atoms with Gasteiger partial charge in [0.05, 0.1) is 12.6 Å². The first kappa shape index (κ1) is 10.7. The van der Waals surface area contributed by atoms with Crippen molar-refractivity contribution in [2.75, 3.05) is 24.7 Å². The van der Waals surface area contributed by atoms with Crippen LogP contribution in [0, 0.1) is 0 Å². The van der Waals surface area contributed by atoms with Crippen molar-refractivity contribution in [1.29, 1.82) is 0 Å². The maximum Gasteiger partial charge on any atom is 0.255 e. The molecule has 2 rings (SSSR count). The van der Waals surface area contributed by atoms with Crippen LogP contribution in [0.4, 0.5) is 5.88 Å². The number of furan rings is 1. The summed E-state index contributed by atoms with van der Waals surface area (Å²) in [6.07, 6.45) is 0. The van der Waals surface area contributed by atoms with E-state index >= 15 is 0 Å². The lowest BCUT2D eigenvalue weighted by atomic mass is 10.2. The van der Waals surface area contributed by atoms with Crippen molar-refractivity contribution in [3.63, 3.8) is 0 Å². The number of hydrogen-bond acceptors (Lipinski definition) is 4. The van der Waals surface area contributed by atoms with E-state index in [1.54, 1.807) is 17.0 Å². The van der Waals surface area contributed by atoms with Gasteiger partial charge in [0.25, 0.3) is 5.91 Å². The van der Waals surface area contributed by atoms with Gasteiger partial charge in [-0.3, -0.25) is 9.69 Å². The van der Waals surface area contributed by atoms with Gasteiger partial charge in [-0.15, -0.1) is 0 Å². The lowest BCUT2D eigenvalue weighted by Crippen LogP contribution is -2.52. The second kappa shape index (κ2) is 4.34. The molecule has 0 spiro atoms. The van der Waals surface area contributed by atoms with E-state index in [1.165, 1.54) is 0 Å². The van der Waals surface area contributed by atoms with Crippen LogP contribution < -0.4 is 10.6 Å². The van der Waals surface area contributed by atoms with Crippen LogP contribution >= 0.6 is 15.9 Å². The van der Waals surface area contributed by atoms with Crippen molar-refractivity contribution in [1.82, 2.24) is 0 Å². The van der Waals surface area contributed by atoms with Gasteiger partial charge in [-0.05, 0) is 22.0 Å². The van der Waals surface area contributed by atoms with Gasteiger partial charge in [-0.2, -0.15) is 0 Å². The molecule has 82 valence electrons. The Morgan fingerprint density at radius 2 is 2.40 bits per heavy atom. The number of nitrogens with two attached hydrogens (primary N) is 1. The Hall–Kier alpha value is -0.850. The predicted octanol–water partition coefficient (Wildman–Crippen LogP) is 0.733. The van der Waals surface area contributed by atoms with Crippen LogP contribution in [-0.2, 0) is 9.53 Å². The number of halogens is 1. The summed E-state index contributed by atoms with van der Waals surface area (Å²) < 4.78 is 11.0. The first-order valence-corrected chi connectivity index (χ1v) is 5.37. The molecule has 1 fully saturated rings. The fourth-order valence-electron chi connectivity index (χ4n) is 1.54. The van der Waals surface area contributed by atoms with Crippen LogP contribution in [0.2, 0.25) is 0 Å². The van der Waals surface area contributed by atoms with Gasteiger partial charge >= 0.3 is 0 Å². The first-order chi connectivity index (χ1) is 7.22. The largest absolute Gasteiger partial charge is 0.433 e. The molecule has 1 atom stereocenters. The van der Waals surface area contributed by atoms with Gasteiger partial charge in [-0.1, -0.05) is 0 Å². The van der Waals surface area contributed by atoms with Crippen LogP contribution in [0.25, 0.3) is 0 Å². The smallest absolute Gasteiger partial charge is 0.255 e. The zero-order valence-corrected chi connectivity index (χ0v) is 9.57. The van der Waals surface area contributed by atoms with E-state index < -0.39 is 0 Å². The lowest BCUT2D eigenvalue weighted by Gasteiger charge is -2.32. The monoisotopic (exact) mass is 274 g/mol. The molecule has 2 N–H and O–H groups in total. The minimum absolute atomic E-state index is 0.0782. The van der Waals surface area contributed by atoms with Crippen molar-refractivity contribution in [2.45, 2.75) is 6.04 Å². The number of anilines is 1. The molecule has 1 amide bonds. The molecule has 1 saturated heterocycles. The average molecular weight is 275 g/mol. The van der Waals surface area contributed by atoms with E-state index in [2.05, 4.69) is 15.9 Å². The van der Waals surface area contributed by atoms with Crippen LogP contribution in [0.5, 0.6) is 0 Å². The van der Waals surface area contributed by atoms with Crippen molar-refractivity contribution in [3.8, 4) is 0 Å². The molecule has 1 aromatic rings. The highest BCUT2D eigenvalue weighted by molar-refractivity contribution is 9.10. The SMILES string of the molecule is NCC1COCC(=O)N1c1ccc(Br)o1. The minimum Gasteiger partial charge on any atom is -0.433 e. The summed E-state index contributed by atoms with van der Waals surface area (Å²) in [5.74, 6) is 0.379. The molecule has 1 aromatic heterocycles. The Morgan fingerprint density at radius 3 is 3.00 bits per heavy atom. The Labute approximate surface area is 95.3 Å². The molecule has 0 radical (unpaired) electrons. The molecule has 0 aromatic carbocycles. The van der Waals surface area contributed by atoms with Gasteiger partial charge in [0.1, 0.15) is 6.61 Å². The highest BCUT2D eigenvalue weighted by Crippen LogP contribution is 2.25. The fourth-order valence-corrected chi connectivity index (χ4v) is 1.84. The number of carbonyl (C=O) groups excluding carboxylic acids is 1. The van der Waals surface area contributed by atoms with Gasteiger partial charge in [-0.25, -0.2) is 0 Å². The Bertz CT molecular complexity index is 366. The molecular formula is C9H11BrN2O3. The minimum atomic E-state index is -0.149. The standard InChI is InChI=1S/C9H11BrN2O3/c10-7-1-2-9(15-7)12-6(3-11)4-14-5-8(12)13/h1-2,6H,3-5,11H2. The molecule has 6 heteroatoms. The van der Waals surface area contributed by atoms with Gasteiger partial charge in [0.15, 0.2) is 4.67 Å². The maximum absolute atomic E-state index is 11.6. The zero-order valence-electron chi connectivity index (χ0n) is 7.98. The van der Waals surface area contributed by atoms with Crippen molar-refractivity contribution >= 4 is 27.7 Å². The van der Waals surface area contributed by atoms with E-state index in [0.29, 0.717) is 23.7 Å². The summed E-state index contributed by atoms with van der Waals surface area (Å²) in [5, 5.41) is 0. The molecule has 0 saturated carbocycles. The molecular weight excluding hydrogens is 264 g/mol. The lowest BCUT2D eigenvalue weighted by molar-refractivity contribution is -0.127. The highest BCUT2D eigenvalue weighted by atomic mass is 79.9. The third-order valence-electron chi connectivity index (χ3n) is 2.24. The highest BCUT2D eigenvalue weighted by Gasteiger charge is 2.30. The number of rotatable bonds is 2. The number of nitrogens with zero attached hydrogens (tertiary/aromatic N) is 1. The van der Waals surface area contributed by atoms with Gasteiger partial charge < -0.3 is 14.9 Å². The molecule has 0 bridgehead atoms. The third-order valence-corrected chi connectivity index (χ3v) is 2.66. The van der Waals surface area contributed by atoms with E-state index in [1.807, 2.05) is 0 Å². The van der Waals surface area contributed by atoms with Crippen molar-refractivity contribution in [2.24, 2.45) is 5.73 Å². The fraction of sp³-hybridized carbons (Fsp3) is 0.444. The summed E-state index contributed by atoms with van der Waals surface area (Å²) in [6, 6.07) is 3.33. The van der Waals surface area contributed by atoms with Crippen molar-refractivity contribution < 1.29 is 13.9 Å². The molecule has 0 aliphatic carbocycles. The van der Waals surface area contributed by atoms with Crippen molar-refractivity contribution in [3.05, 3.63) is 16.8 Å². The Morgan fingerprint density at radius 1 is 1.60 bits per heavy atom. The topological polar surface area (TPSA) is 68.7 Å². The summed E-state index contributed by atoms with van der Waals surface area (Å²) in [5.41, 5.74) is 5.57. The normalized spacial score (nSPS) is 22.1. The molecule has 15 heavy (non-hydrogen) atoms. The number of hydrogen-bond donors (Lipinski definition) is 1. The van der Waals surface area contributed by atoms with Crippen LogP contribution in [0.15, 0.2) is 21.2 Å². The number of carbonyl (C=O) groups is 1. The van der Waals surface area contributed by atoms with Crippen LogP contribution in [-0.4, -0.2) is 31.7 Å². The third kappa shape index (κ3) is 2.06. The second-order valence-electron chi connectivity index (χ2n) is 3.25. The van der Waals surface area contributed by atoms with Crippen LogP contribution in [0.1, 0.15) is 0 Å². The number of morpholine rings is 1. The average Bonchev–Trinajstić information content (AvgIpc) is 2.64. The molecule has 1 aliphatic rings. The zero-order chi connectivity index (χ0) is 10.8. The summed E-state index contributed by atoms with van der Waals surface area (Å²) in [4.78, 5) is 13.2. The maximum atomic E-state index is 11.6. The van der Waals surface area contributed by atoms with Gasteiger partial charge in [0.2, 0.25) is 5.88 Å². The second-order valence-corrected chi connectivity index (χ2v) is 4.03. The summed E-state index contributed by atoms with van der Waals surface area (Å²) in [7, 11) is 0. The molecule has 2 heterocycles. The quantitative estimate of drug-likeness (QED) is 0.864. The predicted molar refractivity (Wildman–Crippen MR) is 57.6 cm³/mol. The van der Waals surface area contributed by atoms with E-state index in [-0.39, 0.29) is 18.6 Å². The molecule has 5 nitrogen and oxygen atoms in total.